The molecule has 6 heteroatoms. The minimum Gasteiger partial charge on any atom is -0.493 e. The van der Waals surface area contributed by atoms with Crippen molar-refractivity contribution in [3.05, 3.63) is 66.5 Å². The number of benzene rings is 2. The first kappa shape index (κ1) is 21.4. The molecule has 0 atom stereocenters. The Morgan fingerprint density at radius 2 is 2.07 bits per heavy atom. The predicted molar refractivity (Wildman–Crippen MR) is 119 cm³/mol. The summed E-state index contributed by atoms with van der Waals surface area (Å²) in [5.41, 5.74) is 3.14. The van der Waals surface area contributed by atoms with Crippen molar-refractivity contribution in [3.63, 3.8) is 0 Å². The van der Waals surface area contributed by atoms with Crippen molar-refractivity contribution in [2.75, 3.05) is 20.3 Å². The third kappa shape index (κ3) is 5.20. The summed E-state index contributed by atoms with van der Waals surface area (Å²) in [6.07, 6.45) is 3.80. The maximum Gasteiger partial charge on any atom is 0.219 e. The quantitative estimate of drug-likeness (QED) is 0.489. The average molecular weight is 408 g/mol. The number of methoxy groups -OCH3 is 1. The molecule has 2 aromatic carbocycles. The first-order valence-corrected chi connectivity index (χ1v) is 10.3. The number of carbonyl (C=O) groups is 1. The standard InChI is InChI=1S/C24H29N3O3/c1-4-8-18-11-12-21(22(17-18)29-3)30-16-15-27-20-10-7-6-9-19(20)26-23(27)13-14-25-24(28)5-2/h4,6-7,9-12,17H,1,5,8,13-16H2,2-3H3,(H,25,28). The van der Waals surface area contributed by atoms with Crippen molar-refractivity contribution in [2.45, 2.75) is 32.7 Å². The van der Waals surface area contributed by atoms with E-state index in [1.54, 1.807) is 7.11 Å². The molecule has 0 saturated heterocycles. The maximum absolute atomic E-state index is 11.5. The van der Waals surface area contributed by atoms with E-state index in [0.717, 1.165) is 28.8 Å². The third-order valence-electron chi connectivity index (χ3n) is 4.91. The van der Waals surface area contributed by atoms with Crippen LogP contribution in [0.1, 0.15) is 24.7 Å². The molecule has 0 aliphatic heterocycles. The largest absolute Gasteiger partial charge is 0.493 e. The number of nitrogens with zero attached hydrogens (tertiary/aromatic N) is 2. The van der Waals surface area contributed by atoms with Gasteiger partial charge in [0.15, 0.2) is 11.5 Å². The van der Waals surface area contributed by atoms with E-state index in [0.29, 0.717) is 44.0 Å². The molecule has 0 aliphatic rings. The van der Waals surface area contributed by atoms with E-state index >= 15 is 0 Å². The number of hydrogen-bond donors (Lipinski definition) is 1. The fourth-order valence-corrected chi connectivity index (χ4v) is 3.38. The van der Waals surface area contributed by atoms with Crippen LogP contribution in [0.25, 0.3) is 11.0 Å². The Labute approximate surface area is 177 Å². The van der Waals surface area contributed by atoms with Gasteiger partial charge in [0.05, 0.1) is 24.7 Å². The smallest absolute Gasteiger partial charge is 0.219 e. The molecule has 0 aliphatic carbocycles. The summed E-state index contributed by atoms with van der Waals surface area (Å²) in [6.45, 7) is 7.32. The number of fused-ring (bicyclic) bond motifs is 1. The molecular weight excluding hydrogens is 378 g/mol. The van der Waals surface area contributed by atoms with Crippen molar-refractivity contribution in [2.24, 2.45) is 0 Å². The van der Waals surface area contributed by atoms with Crippen molar-refractivity contribution >= 4 is 16.9 Å². The molecule has 1 amide bonds. The fraction of sp³-hybridized carbons (Fsp3) is 0.333. The van der Waals surface area contributed by atoms with E-state index < -0.39 is 0 Å². The summed E-state index contributed by atoms with van der Waals surface area (Å²) >= 11 is 0. The van der Waals surface area contributed by atoms with Crippen LogP contribution >= 0.6 is 0 Å². The summed E-state index contributed by atoms with van der Waals surface area (Å²) < 4.78 is 13.7. The molecule has 3 aromatic rings. The van der Waals surface area contributed by atoms with Crippen LogP contribution in [-0.2, 0) is 24.2 Å². The molecule has 3 rings (SSSR count). The monoisotopic (exact) mass is 407 g/mol. The first-order chi connectivity index (χ1) is 14.7. The Balaban J connectivity index is 1.71. The first-order valence-electron chi connectivity index (χ1n) is 10.3. The number of nitrogens with one attached hydrogen (secondary N) is 1. The Hall–Kier alpha value is -3.28. The zero-order valence-corrected chi connectivity index (χ0v) is 17.7. The van der Waals surface area contributed by atoms with E-state index in [4.69, 9.17) is 14.5 Å². The SMILES string of the molecule is C=CCc1ccc(OCCn2c(CCNC(=O)CC)nc3ccccc32)c(OC)c1. The highest BCUT2D eigenvalue weighted by atomic mass is 16.5. The van der Waals surface area contributed by atoms with Gasteiger partial charge in [-0.1, -0.05) is 31.2 Å². The van der Waals surface area contributed by atoms with Crippen LogP contribution in [0.4, 0.5) is 0 Å². The molecule has 0 bridgehead atoms. The minimum absolute atomic E-state index is 0.0491. The number of hydrogen-bond acceptors (Lipinski definition) is 4. The lowest BCUT2D eigenvalue weighted by Gasteiger charge is -2.14. The predicted octanol–water partition coefficient (Wildman–Crippen LogP) is 3.92. The number of rotatable bonds is 11. The normalized spacial score (nSPS) is 10.7. The topological polar surface area (TPSA) is 65.4 Å². The van der Waals surface area contributed by atoms with Gasteiger partial charge < -0.3 is 19.4 Å². The van der Waals surface area contributed by atoms with Crippen LogP contribution in [0.15, 0.2) is 55.1 Å². The zero-order chi connectivity index (χ0) is 21.3. The van der Waals surface area contributed by atoms with E-state index in [-0.39, 0.29) is 5.91 Å². The highest BCUT2D eigenvalue weighted by molar-refractivity contribution is 5.76. The van der Waals surface area contributed by atoms with Gasteiger partial charge in [-0.15, -0.1) is 6.58 Å². The van der Waals surface area contributed by atoms with Gasteiger partial charge >= 0.3 is 0 Å². The fourth-order valence-electron chi connectivity index (χ4n) is 3.38. The van der Waals surface area contributed by atoms with Gasteiger partial charge in [-0.3, -0.25) is 4.79 Å². The lowest BCUT2D eigenvalue weighted by Crippen LogP contribution is -2.25. The number of amides is 1. The lowest BCUT2D eigenvalue weighted by molar-refractivity contribution is -0.120. The number of ether oxygens (including phenoxy) is 2. The van der Waals surface area contributed by atoms with Gasteiger partial charge in [-0.05, 0) is 36.2 Å². The van der Waals surface area contributed by atoms with Crippen molar-refractivity contribution in [3.8, 4) is 11.5 Å². The van der Waals surface area contributed by atoms with Crippen molar-refractivity contribution < 1.29 is 14.3 Å². The molecule has 0 unspecified atom stereocenters. The second-order valence-corrected chi connectivity index (χ2v) is 6.95. The summed E-state index contributed by atoms with van der Waals surface area (Å²) in [6, 6.07) is 14.0. The van der Waals surface area contributed by atoms with Gasteiger partial charge in [-0.2, -0.15) is 0 Å². The summed E-state index contributed by atoms with van der Waals surface area (Å²) in [7, 11) is 1.64. The molecule has 0 fully saturated rings. The molecule has 0 spiro atoms. The Morgan fingerprint density at radius 3 is 2.83 bits per heavy atom. The van der Waals surface area contributed by atoms with Crippen LogP contribution in [0, 0.1) is 0 Å². The van der Waals surface area contributed by atoms with Crippen LogP contribution in [0.2, 0.25) is 0 Å². The molecule has 30 heavy (non-hydrogen) atoms. The van der Waals surface area contributed by atoms with E-state index in [1.165, 1.54) is 0 Å². The van der Waals surface area contributed by atoms with Gasteiger partial charge in [0.25, 0.3) is 0 Å². The molecule has 6 nitrogen and oxygen atoms in total. The number of allylic oxidation sites excluding steroid dienone is 1. The van der Waals surface area contributed by atoms with Crippen LogP contribution in [0.3, 0.4) is 0 Å². The molecule has 0 radical (unpaired) electrons. The van der Waals surface area contributed by atoms with E-state index in [9.17, 15) is 4.79 Å². The van der Waals surface area contributed by atoms with E-state index in [1.807, 2.05) is 49.4 Å². The average Bonchev–Trinajstić information content (AvgIpc) is 3.12. The number of carbonyl (C=O) groups excluding carboxylic acids is 1. The third-order valence-corrected chi connectivity index (χ3v) is 4.91. The minimum atomic E-state index is 0.0491. The Morgan fingerprint density at radius 1 is 1.23 bits per heavy atom. The number of aromatic nitrogens is 2. The van der Waals surface area contributed by atoms with Crippen molar-refractivity contribution in [1.29, 1.82) is 0 Å². The zero-order valence-electron chi connectivity index (χ0n) is 17.7. The molecule has 0 saturated carbocycles. The van der Waals surface area contributed by atoms with Crippen LogP contribution < -0.4 is 14.8 Å². The summed E-state index contributed by atoms with van der Waals surface area (Å²) in [5.74, 6) is 2.41. The molecule has 1 N–H and O–H groups in total. The summed E-state index contributed by atoms with van der Waals surface area (Å²) in [4.78, 5) is 16.3. The number of imidazole rings is 1. The van der Waals surface area contributed by atoms with Gasteiger partial charge in [0, 0.05) is 19.4 Å². The molecule has 1 heterocycles. The lowest BCUT2D eigenvalue weighted by atomic mass is 10.1. The molecule has 158 valence electrons. The van der Waals surface area contributed by atoms with Gasteiger partial charge in [-0.25, -0.2) is 4.98 Å². The van der Waals surface area contributed by atoms with Crippen LogP contribution in [0.5, 0.6) is 11.5 Å². The second-order valence-electron chi connectivity index (χ2n) is 6.95. The second kappa shape index (κ2) is 10.5. The van der Waals surface area contributed by atoms with E-state index in [2.05, 4.69) is 22.5 Å². The van der Waals surface area contributed by atoms with Gasteiger partial charge in [0.2, 0.25) is 5.91 Å². The molecule has 1 aromatic heterocycles. The Bertz CT molecular complexity index is 1010. The highest BCUT2D eigenvalue weighted by Gasteiger charge is 2.12. The summed E-state index contributed by atoms with van der Waals surface area (Å²) in [5, 5.41) is 2.92. The number of para-hydroxylation sites is 2. The maximum atomic E-state index is 11.5. The van der Waals surface area contributed by atoms with Crippen LogP contribution in [-0.4, -0.2) is 35.7 Å². The van der Waals surface area contributed by atoms with Crippen molar-refractivity contribution in [1.82, 2.24) is 14.9 Å². The highest BCUT2D eigenvalue weighted by Crippen LogP contribution is 2.28. The van der Waals surface area contributed by atoms with Gasteiger partial charge in [0.1, 0.15) is 12.4 Å². The molecular formula is C24H29N3O3. The Kier molecular flexibility index (Phi) is 7.49.